The number of rotatable bonds is 7. The molecular weight excluding hydrogens is 487 g/mol. The summed E-state index contributed by atoms with van der Waals surface area (Å²) in [7, 11) is 0. The van der Waals surface area contributed by atoms with E-state index in [0.29, 0.717) is 36.0 Å². The van der Waals surface area contributed by atoms with Crippen LogP contribution in [0.1, 0.15) is 34.8 Å². The number of benzene rings is 3. The summed E-state index contributed by atoms with van der Waals surface area (Å²) in [5.41, 5.74) is 3.75. The summed E-state index contributed by atoms with van der Waals surface area (Å²) in [6, 6.07) is 17.9. The van der Waals surface area contributed by atoms with Gasteiger partial charge in [-0.05, 0) is 52.9 Å². The van der Waals surface area contributed by atoms with E-state index in [1.54, 1.807) is 12.1 Å². The smallest absolute Gasteiger partial charge is 0.137 e. The van der Waals surface area contributed by atoms with Crippen LogP contribution in [-0.2, 0) is 17.6 Å². The van der Waals surface area contributed by atoms with Crippen LogP contribution in [0.15, 0.2) is 60.7 Å². The van der Waals surface area contributed by atoms with Gasteiger partial charge in [-0.2, -0.15) is 0 Å². The number of aliphatic hydroxyl groups excluding tert-OH is 3. The van der Waals surface area contributed by atoms with E-state index in [2.05, 4.69) is 0 Å². The zero-order valence-corrected chi connectivity index (χ0v) is 20.3. The van der Waals surface area contributed by atoms with Crippen molar-refractivity contribution in [3.63, 3.8) is 0 Å². The second-order valence-corrected chi connectivity index (χ2v) is 9.73. The Hall–Kier alpha value is -2.68. The topological polar surface area (TPSA) is 88.4 Å². The fourth-order valence-corrected chi connectivity index (χ4v) is 4.91. The number of hydrogen-bond acceptors (Lipinski definition) is 6. The van der Waals surface area contributed by atoms with Gasteiger partial charge >= 0.3 is 0 Å². The highest BCUT2D eigenvalue weighted by Crippen LogP contribution is 2.34. The fourth-order valence-electron chi connectivity index (χ4n) is 4.73. The van der Waals surface area contributed by atoms with Crippen molar-refractivity contribution >= 4 is 11.6 Å². The minimum atomic E-state index is -1.11. The molecule has 3 aromatic rings. The zero-order valence-electron chi connectivity index (χ0n) is 19.5. The van der Waals surface area contributed by atoms with Gasteiger partial charge in [-0.1, -0.05) is 41.9 Å². The van der Waals surface area contributed by atoms with Crippen molar-refractivity contribution in [1.29, 1.82) is 0 Å². The normalized spacial score (nSPS) is 25.3. The van der Waals surface area contributed by atoms with E-state index in [0.717, 1.165) is 22.3 Å². The Morgan fingerprint density at radius 1 is 1.03 bits per heavy atom. The van der Waals surface area contributed by atoms with E-state index in [1.807, 2.05) is 36.4 Å². The van der Waals surface area contributed by atoms with Crippen LogP contribution < -0.4 is 9.47 Å². The molecule has 1 unspecified atom stereocenters. The molecule has 0 aromatic heterocycles. The summed E-state index contributed by atoms with van der Waals surface area (Å²) in [5, 5.41) is 30.2. The third-order valence-corrected chi connectivity index (χ3v) is 7.08. The first-order valence-corrected chi connectivity index (χ1v) is 12.3. The lowest BCUT2D eigenvalue weighted by molar-refractivity contribution is -0.181. The molecule has 1 fully saturated rings. The summed E-state index contributed by atoms with van der Waals surface area (Å²) < 4.78 is 30.9. The van der Waals surface area contributed by atoms with Gasteiger partial charge in [0.05, 0.1) is 18.8 Å². The van der Waals surface area contributed by atoms with Crippen LogP contribution in [0.3, 0.4) is 0 Å². The van der Waals surface area contributed by atoms with Crippen LogP contribution in [0.25, 0.3) is 0 Å². The van der Waals surface area contributed by atoms with Gasteiger partial charge < -0.3 is 29.5 Å². The molecule has 0 amide bonds. The molecular formula is C28H28ClFO6. The summed E-state index contributed by atoms with van der Waals surface area (Å²) in [6.45, 7) is -0.0117. The molecule has 3 aromatic carbocycles. The summed E-state index contributed by atoms with van der Waals surface area (Å²) in [5.74, 6) is 0.977. The first-order chi connectivity index (χ1) is 17.4. The van der Waals surface area contributed by atoms with Crippen LogP contribution in [0.5, 0.6) is 11.5 Å². The first-order valence-electron chi connectivity index (χ1n) is 12.0. The van der Waals surface area contributed by atoms with E-state index in [9.17, 15) is 19.7 Å². The Morgan fingerprint density at radius 2 is 1.83 bits per heavy atom. The lowest BCUT2D eigenvalue weighted by atomic mass is 9.92. The van der Waals surface area contributed by atoms with E-state index in [4.69, 9.17) is 25.8 Å². The quantitative estimate of drug-likeness (QED) is 0.442. The Labute approximate surface area is 213 Å². The molecule has 0 radical (unpaired) electrons. The maximum Gasteiger partial charge on any atom is 0.137 e. The second kappa shape index (κ2) is 10.7. The molecule has 2 aliphatic rings. The molecule has 8 heteroatoms. The van der Waals surface area contributed by atoms with Crippen LogP contribution in [0.2, 0.25) is 5.02 Å². The number of halogens is 2. The molecule has 0 aliphatic carbocycles. The number of fused-ring (bicyclic) bond motifs is 1. The Bertz CT molecular complexity index is 1200. The maximum absolute atomic E-state index is 13.4. The molecule has 0 saturated carbocycles. The molecule has 5 rings (SSSR count). The molecule has 2 aliphatic heterocycles. The largest absolute Gasteiger partial charge is 0.490 e. The summed E-state index contributed by atoms with van der Waals surface area (Å²) in [6.07, 6.45) is -2.04. The average Bonchev–Trinajstić information content (AvgIpc) is 3.28. The highest BCUT2D eigenvalue weighted by atomic mass is 35.5. The molecule has 3 N–H and O–H groups in total. The van der Waals surface area contributed by atoms with Gasteiger partial charge in [0, 0.05) is 23.9 Å². The molecule has 5 atom stereocenters. The third-order valence-electron chi connectivity index (χ3n) is 6.72. The van der Waals surface area contributed by atoms with Crippen molar-refractivity contribution in [2.75, 3.05) is 13.2 Å². The van der Waals surface area contributed by atoms with Crippen molar-refractivity contribution in [2.45, 2.75) is 49.8 Å². The Balaban J connectivity index is 1.20. The predicted molar refractivity (Wildman–Crippen MR) is 132 cm³/mol. The van der Waals surface area contributed by atoms with E-state index in [-0.39, 0.29) is 24.9 Å². The van der Waals surface area contributed by atoms with Crippen molar-refractivity contribution in [2.24, 2.45) is 0 Å². The molecule has 1 saturated heterocycles. The molecule has 6 nitrogen and oxygen atoms in total. The molecule has 190 valence electrons. The summed E-state index contributed by atoms with van der Waals surface area (Å²) in [4.78, 5) is 0. The highest BCUT2D eigenvalue weighted by Gasteiger charge is 2.37. The van der Waals surface area contributed by atoms with Crippen molar-refractivity contribution < 1.29 is 33.9 Å². The van der Waals surface area contributed by atoms with Crippen molar-refractivity contribution in [3.05, 3.63) is 93.8 Å². The number of ether oxygens (including phenoxy) is 3. The standard InChI is InChI=1S/C28H28ClFO6/c29-23-8-4-17(26-13-24(32)28(33)27(14-31)36-26)10-19(23)9-16-1-6-21(7-2-16)34-15-22-11-18-3-5-20(30)12-25(18)35-22/h1-8,10,12,22,24,26-28,31-33H,9,11,13-15H2/t22?,24-,26-,27-,28+/m1/s1. The Morgan fingerprint density at radius 3 is 2.61 bits per heavy atom. The van der Waals surface area contributed by atoms with Crippen LogP contribution in [0.4, 0.5) is 4.39 Å². The first kappa shape index (κ1) is 25.0. The fraction of sp³-hybridized carbons (Fsp3) is 0.357. The minimum absolute atomic E-state index is 0.157. The van der Waals surface area contributed by atoms with Gasteiger partial charge in [-0.15, -0.1) is 0 Å². The molecule has 0 spiro atoms. The van der Waals surface area contributed by atoms with Crippen LogP contribution >= 0.6 is 11.6 Å². The molecule has 36 heavy (non-hydrogen) atoms. The monoisotopic (exact) mass is 514 g/mol. The Kier molecular flexibility index (Phi) is 7.46. The van der Waals surface area contributed by atoms with Gasteiger partial charge in [0.1, 0.15) is 42.2 Å². The zero-order chi connectivity index (χ0) is 25.2. The number of aliphatic hydroxyl groups is 3. The lowest BCUT2D eigenvalue weighted by Gasteiger charge is -2.36. The van der Waals surface area contributed by atoms with E-state index >= 15 is 0 Å². The van der Waals surface area contributed by atoms with Gasteiger partial charge in [0.15, 0.2) is 0 Å². The maximum atomic E-state index is 13.4. The average molecular weight is 515 g/mol. The van der Waals surface area contributed by atoms with Gasteiger partial charge in [0.25, 0.3) is 0 Å². The molecule has 2 heterocycles. The van der Waals surface area contributed by atoms with Gasteiger partial charge in [-0.3, -0.25) is 0 Å². The van der Waals surface area contributed by atoms with Gasteiger partial charge in [0.2, 0.25) is 0 Å². The second-order valence-electron chi connectivity index (χ2n) is 9.32. The number of hydrogen-bond donors (Lipinski definition) is 3. The predicted octanol–water partition coefficient (Wildman–Crippen LogP) is 4.00. The summed E-state index contributed by atoms with van der Waals surface area (Å²) >= 11 is 6.46. The van der Waals surface area contributed by atoms with Crippen LogP contribution in [0, 0.1) is 5.82 Å². The third kappa shape index (κ3) is 5.51. The minimum Gasteiger partial charge on any atom is -0.490 e. The van der Waals surface area contributed by atoms with Gasteiger partial charge in [-0.25, -0.2) is 4.39 Å². The van der Waals surface area contributed by atoms with Crippen molar-refractivity contribution in [1.82, 2.24) is 0 Å². The van der Waals surface area contributed by atoms with E-state index in [1.165, 1.54) is 12.1 Å². The molecule has 0 bridgehead atoms. The van der Waals surface area contributed by atoms with Crippen molar-refractivity contribution in [3.8, 4) is 11.5 Å². The van der Waals surface area contributed by atoms with E-state index < -0.39 is 24.4 Å². The highest BCUT2D eigenvalue weighted by molar-refractivity contribution is 6.31. The lowest BCUT2D eigenvalue weighted by Crippen LogP contribution is -2.47. The van der Waals surface area contributed by atoms with Crippen LogP contribution in [-0.4, -0.2) is 52.9 Å². The SMILES string of the molecule is OC[C@H]1O[C@@H](c2ccc(Cl)c(Cc3ccc(OCC4Cc5ccc(F)cc5O4)cc3)c2)C[C@@H](O)[C@@H]1O.